The van der Waals surface area contributed by atoms with Crippen molar-refractivity contribution >= 4 is 17.6 Å². The third-order valence-corrected chi connectivity index (χ3v) is 5.09. The second-order valence-electron chi connectivity index (χ2n) is 6.93. The number of nitrogens with zero attached hydrogens (tertiary/aromatic N) is 1. The fourth-order valence-corrected chi connectivity index (χ4v) is 3.62. The van der Waals surface area contributed by atoms with Crippen LogP contribution < -0.4 is 0 Å². The van der Waals surface area contributed by atoms with Crippen LogP contribution in [-0.4, -0.2) is 29.0 Å². The molecule has 2 fully saturated rings. The van der Waals surface area contributed by atoms with Gasteiger partial charge in [-0.2, -0.15) is 0 Å². The van der Waals surface area contributed by atoms with Crippen LogP contribution in [0.3, 0.4) is 0 Å². The van der Waals surface area contributed by atoms with Crippen LogP contribution in [0.4, 0.5) is 0 Å². The van der Waals surface area contributed by atoms with Gasteiger partial charge in [0.15, 0.2) is 0 Å². The van der Waals surface area contributed by atoms with E-state index in [1.807, 2.05) is 20.8 Å². The Bertz CT molecular complexity index is 422. The number of hydrogen-bond donors (Lipinski definition) is 0. The van der Waals surface area contributed by atoms with E-state index in [4.69, 9.17) is 0 Å². The van der Waals surface area contributed by atoms with Crippen LogP contribution in [0.5, 0.6) is 0 Å². The van der Waals surface area contributed by atoms with Crippen molar-refractivity contribution in [3.63, 3.8) is 0 Å². The normalized spacial score (nSPS) is 30.3. The lowest BCUT2D eigenvalue weighted by molar-refractivity contribution is -0.140. The molecule has 0 N–H and O–H groups in total. The summed E-state index contributed by atoms with van der Waals surface area (Å²) in [6.45, 7) is 6.45. The zero-order chi connectivity index (χ0) is 15.6. The third kappa shape index (κ3) is 3.53. The van der Waals surface area contributed by atoms with Crippen molar-refractivity contribution in [2.24, 2.45) is 23.7 Å². The highest BCUT2D eigenvalue weighted by Crippen LogP contribution is 2.33. The maximum atomic E-state index is 12.1. The zero-order valence-electron chi connectivity index (χ0n) is 13.4. The van der Waals surface area contributed by atoms with Gasteiger partial charge in [-0.05, 0) is 38.0 Å². The molecule has 2 amide bonds. The second-order valence-corrected chi connectivity index (χ2v) is 6.93. The van der Waals surface area contributed by atoms with Crippen LogP contribution in [0, 0.1) is 23.7 Å². The summed E-state index contributed by atoms with van der Waals surface area (Å²) in [6, 6.07) is 0. The van der Waals surface area contributed by atoms with Gasteiger partial charge in [0.2, 0.25) is 11.8 Å². The van der Waals surface area contributed by atoms with Gasteiger partial charge >= 0.3 is 0 Å². The second kappa shape index (κ2) is 6.71. The van der Waals surface area contributed by atoms with Crippen LogP contribution in [-0.2, 0) is 14.4 Å². The van der Waals surface area contributed by atoms with E-state index in [0.717, 1.165) is 32.1 Å². The van der Waals surface area contributed by atoms with Crippen molar-refractivity contribution in [3.05, 3.63) is 0 Å². The number of carbonyl (C=O) groups is 3. The summed E-state index contributed by atoms with van der Waals surface area (Å²) >= 11 is 0. The molecule has 0 aromatic rings. The first kappa shape index (κ1) is 16.2. The fourth-order valence-electron chi connectivity index (χ4n) is 3.62. The van der Waals surface area contributed by atoms with E-state index < -0.39 is 0 Å². The minimum absolute atomic E-state index is 0.00719. The summed E-state index contributed by atoms with van der Waals surface area (Å²) in [5.74, 6) is 0.956. The molecule has 1 saturated heterocycles. The molecular weight excluding hydrogens is 266 g/mol. The summed E-state index contributed by atoms with van der Waals surface area (Å²) in [7, 11) is 0. The van der Waals surface area contributed by atoms with Crippen molar-refractivity contribution in [2.75, 3.05) is 6.54 Å². The van der Waals surface area contributed by atoms with Gasteiger partial charge in [0.1, 0.15) is 5.78 Å². The molecular formula is C17H27NO3. The molecule has 0 bridgehead atoms. The summed E-state index contributed by atoms with van der Waals surface area (Å²) in [4.78, 5) is 37.6. The molecule has 1 atom stereocenters. The summed E-state index contributed by atoms with van der Waals surface area (Å²) < 4.78 is 0. The van der Waals surface area contributed by atoms with Crippen molar-refractivity contribution in [3.8, 4) is 0 Å². The minimum atomic E-state index is -0.101. The van der Waals surface area contributed by atoms with Crippen molar-refractivity contribution in [1.82, 2.24) is 4.90 Å². The van der Waals surface area contributed by atoms with Crippen LogP contribution in [0.2, 0.25) is 0 Å². The maximum absolute atomic E-state index is 12.1. The Morgan fingerprint density at radius 1 is 1.19 bits per heavy atom. The predicted molar refractivity (Wildman–Crippen MR) is 80.4 cm³/mol. The van der Waals surface area contributed by atoms with E-state index in [-0.39, 0.29) is 29.6 Å². The Labute approximate surface area is 127 Å². The lowest BCUT2D eigenvalue weighted by atomic mass is 9.77. The van der Waals surface area contributed by atoms with Gasteiger partial charge in [-0.3, -0.25) is 19.3 Å². The van der Waals surface area contributed by atoms with Gasteiger partial charge in [0.05, 0.1) is 0 Å². The molecule has 4 heteroatoms. The molecule has 0 unspecified atom stereocenters. The standard InChI is InChI=1S/C17H27NO3/c1-4-13-9-15(19)18(17(13)21)10-12-5-7-14(8-6-12)16(20)11(2)3/h11-14H,4-10H2,1-3H3/t12-,13-,14-/m1/s1. The molecule has 1 aliphatic heterocycles. The summed E-state index contributed by atoms with van der Waals surface area (Å²) in [5.41, 5.74) is 0. The molecule has 0 radical (unpaired) electrons. The first-order valence-corrected chi connectivity index (χ1v) is 8.31. The number of rotatable bonds is 5. The molecule has 1 aliphatic carbocycles. The van der Waals surface area contributed by atoms with Crippen LogP contribution in [0.15, 0.2) is 0 Å². The van der Waals surface area contributed by atoms with E-state index in [9.17, 15) is 14.4 Å². The predicted octanol–water partition coefficient (Wildman–Crippen LogP) is 2.80. The van der Waals surface area contributed by atoms with E-state index in [1.165, 1.54) is 4.90 Å². The Morgan fingerprint density at radius 3 is 2.29 bits per heavy atom. The van der Waals surface area contributed by atoms with E-state index in [1.54, 1.807) is 0 Å². The number of Topliss-reactive ketones (excluding diaryl/α,β-unsaturated/α-hetero) is 1. The van der Waals surface area contributed by atoms with E-state index in [2.05, 4.69) is 0 Å². The van der Waals surface area contributed by atoms with Crippen LogP contribution in [0.25, 0.3) is 0 Å². The number of ketones is 1. The highest BCUT2D eigenvalue weighted by atomic mass is 16.2. The summed E-state index contributed by atoms with van der Waals surface area (Å²) in [6.07, 6.45) is 4.87. The molecule has 0 aromatic carbocycles. The van der Waals surface area contributed by atoms with Gasteiger partial charge in [-0.1, -0.05) is 20.8 Å². The number of imide groups is 1. The molecule has 2 aliphatic rings. The first-order valence-electron chi connectivity index (χ1n) is 8.31. The molecule has 1 heterocycles. The monoisotopic (exact) mass is 293 g/mol. The first-order chi connectivity index (χ1) is 9.93. The zero-order valence-corrected chi connectivity index (χ0v) is 13.4. The quantitative estimate of drug-likeness (QED) is 0.732. The number of amides is 2. The van der Waals surface area contributed by atoms with Gasteiger partial charge in [0.25, 0.3) is 0 Å². The highest BCUT2D eigenvalue weighted by molar-refractivity contribution is 6.03. The highest BCUT2D eigenvalue weighted by Gasteiger charge is 2.39. The average molecular weight is 293 g/mol. The molecule has 2 rings (SSSR count). The Hall–Kier alpha value is -1.19. The number of hydrogen-bond acceptors (Lipinski definition) is 3. The number of likely N-dealkylation sites (tertiary alicyclic amines) is 1. The van der Waals surface area contributed by atoms with Gasteiger partial charge in [0, 0.05) is 30.7 Å². The van der Waals surface area contributed by atoms with Gasteiger partial charge in [-0.25, -0.2) is 0 Å². The van der Waals surface area contributed by atoms with Gasteiger partial charge < -0.3 is 0 Å². The van der Waals surface area contributed by atoms with Crippen LogP contribution in [0.1, 0.15) is 59.3 Å². The molecule has 4 nitrogen and oxygen atoms in total. The largest absolute Gasteiger partial charge is 0.299 e. The average Bonchev–Trinajstić information content (AvgIpc) is 2.74. The lowest BCUT2D eigenvalue weighted by Gasteiger charge is -2.30. The number of carbonyl (C=O) groups excluding carboxylic acids is 3. The minimum Gasteiger partial charge on any atom is -0.299 e. The van der Waals surface area contributed by atoms with E-state index >= 15 is 0 Å². The Kier molecular flexibility index (Phi) is 5.17. The smallest absolute Gasteiger partial charge is 0.232 e. The molecule has 0 aromatic heterocycles. The molecule has 1 saturated carbocycles. The Morgan fingerprint density at radius 2 is 1.81 bits per heavy atom. The molecule has 21 heavy (non-hydrogen) atoms. The van der Waals surface area contributed by atoms with Crippen molar-refractivity contribution < 1.29 is 14.4 Å². The molecule has 0 spiro atoms. The van der Waals surface area contributed by atoms with E-state index in [0.29, 0.717) is 24.7 Å². The third-order valence-electron chi connectivity index (χ3n) is 5.09. The van der Waals surface area contributed by atoms with Crippen molar-refractivity contribution in [2.45, 2.75) is 59.3 Å². The topological polar surface area (TPSA) is 54.5 Å². The molecule has 118 valence electrons. The maximum Gasteiger partial charge on any atom is 0.232 e. The van der Waals surface area contributed by atoms with Crippen LogP contribution >= 0.6 is 0 Å². The summed E-state index contributed by atoms with van der Waals surface area (Å²) in [5, 5.41) is 0. The van der Waals surface area contributed by atoms with Gasteiger partial charge in [-0.15, -0.1) is 0 Å². The van der Waals surface area contributed by atoms with Crippen molar-refractivity contribution in [1.29, 1.82) is 0 Å². The SMILES string of the molecule is CC[C@@H]1CC(=O)N(C[C@H]2CC[C@H](C(=O)C(C)C)CC2)C1=O. The lowest BCUT2D eigenvalue weighted by Crippen LogP contribution is -2.37. The Balaban J connectivity index is 1.85. The fraction of sp³-hybridized carbons (Fsp3) is 0.824.